The molecule has 0 radical (unpaired) electrons. The Morgan fingerprint density at radius 1 is 1.50 bits per heavy atom. The lowest BCUT2D eigenvalue weighted by Crippen LogP contribution is -1.96. The van der Waals surface area contributed by atoms with Crippen LogP contribution in [-0.2, 0) is 0 Å². The number of allylic oxidation sites excluding steroid dienone is 2. The molecule has 0 fully saturated rings. The molecule has 0 aromatic heterocycles. The first kappa shape index (κ1) is 13.5. The van der Waals surface area contributed by atoms with Crippen LogP contribution in [0, 0.1) is 24.1 Å². The van der Waals surface area contributed by atoms with E-state index < -0.39 is 5.82 Å². The molecule has 0 aliphatic heterocycles. The number of carbonyl (C=O) groups excluding carboxylic acids is 1. The molecule has 0 aliphatic rings. The van der Waals surface area contributed by atoms with Crippen molar-refractivity contribution in [2.75, 3.05) is 0 Å². The molecule has 0 spiro atoms. The fourth-order valence-electron chi connectivity index (χ4n) is 1.39. The highest BCUT2D eigenvalue weighted by Gasteiger charge is 2.08. The van der Waals surface area contributed by atoms with Crippen LogP contribution in [0.4, 0.5) is 4.39 Å². The van der Waals surface area contributed by atoms with E-state index in [4.69, 9.17) is 5.26 Å². The highest BCUT2D eigenvalue weighted by Crippen LogP contribution is 2.20. The van der Waals surface area contributed by atoms with Crippen LogP contribution in [0.25, 0.3) is 5.57 Å². The van der Waals surface area contributed by atoms with Crippen LogP contribution in [0.5, 0.6) is 0 Å². The zero-order valence-electron chi connectivity index (χ0n) is 9.90. The van der Waals surface area contributed by atoms with Gasteiger partial charge in [0.05, 0.1) is 5.56 Å². The van der Waals surface area contributed by atoms with Crippen molar-refractivity contribution < 1.29 is 9.18 Å². The Labute approximate surface area is 105 Å². The number of aryl methyl sites for hydroxylation is 1. The Bertz CT molecular complexity index is 595. The van der Waals surface area contributed by atoms with Crippen molar-refractivity contribution in [1.82, 2.24) is 0 Å². The Hall–Kier alpha value is -2.54. The fraction of sp³-hybridized carbons (Fsp3) is 0.0714. The maximum atomic E-state index is 13.5. The number of benzene rings is 1. The van der Waals surface area contributed by atoms with Gasteiger partial charge in [-0.05, 0) is 35.8 Å². The van der Waals surface area contributed by atoms with Crippen molar-refractivity contribution in [3.63, 3.8) is 0 Å². The van der Waals surface area contributed by atoms with E-state index >= 15 is 0 Å². The first-order chi connectivity index (χ1) is 8.49. The first-order valence-corrected chi connectivity index (χ1v) is 5.07. The van der Waals surface area contributed by atoms with E-state index in [0.29, 0.717) is 23.0 Å². The Morgan fingerprint density at radius 2 is 2.17 bits per heavy atom. The number of hydrogen-bond donors (Lipinski definition) is 0. The van der Waals surface area contributed by atoms with Crippen LogP contribution in [0.2, 0.25) is 0 Å². The van der Waals surface area contributed by atoms with Crippen molar-refractivity contribution in [1.29, 1.82) is 5.26 Å². The summed E-state index contributed by atoms with van der Waals surface area (Å²) in [6, 6.07) is 4.43. The minimum Gasteiger partial charge on any atom is -0.298 e. The predicted molar refractivity (Wildman–Crippen MR) is 68.8 cm³/mol. The number of hydrogen-bond acceptors (Lipinski definition) is 3. The van der Waals surface area contributed by atoms with Gasteiger partial charge in [0.1, 0.15) is 17.6 Å². The topological polar surface area (TPSA) is 53.2 Å². The summed E-state index contributed by atoms with van der Waals surface area (Å²) in [5, 5.41) is 8.49. The molecule has 18 heavy (non-hydrogen) atoms. The van der Waals surface area contributed by atoms with Gasteiger partial charge in [-0.25, -0.2) is 9.38 Å². The lowest BCUT2D eigenvalue weighted by molar-refractivity contribution is 0.111. The van der Waals surface area contributed by atoms with Gasteiger partial charge in [0, 0.05) is 6.21 Å². The molecular formula is C14H11FN2O. The van der Waals surface area contributed by atoms with E-state index in [1.165, 1.54) is 18.3 Å². The van der Waals surface area contributed by atoms with Crippen LogP contribution >= 0.6 is 0 Å². The van der Waals surface area contributed by atoms with E-state index in [-0.39, 0.29) is 11.3 Å². The molecule has 0 N–H and O–H groups in total. The monoisotopic (exact) mass is 242 g/mol. The Morgan fingerprint density at radius 3 is 2.72 bits per heavy atom. The van der Waals surface area contributed by atoms with E-state index in [2.05, 4.69) is 18.2 Å². The summed E-state index contributed by atoms with van der Waals surface area (Å²) in [6.45, 7) is 8.86. The summed E-state index contributed by atoms with van der Waals surface area (Å²) in [6.07, 6.45) is 1.80. The number of nitriles is 1. The second-order valence-electron chi connectivity index (χ2n) is 3.65. The molecule has 0 saturated heterocycles. The summed E-state index contributed by atoms with van der Waals surface area (Å²) in [4.78, 5) is 14.3. The minimum absolute atomic E-state index is 0.00224. The Kier molecular flexibility index (Phi) is 4.27. The van der Waals surface area contributed by atoms with Crippen molar-refractivity contribution >= 4 is 18.1 Å². The molecule has 90 valence electrons. The summed E-state index contributed by atoms with van der Waals surface area (Å²) in [5.41, 5.74) is 1.73. The molecule has 0 aliphatic carbocycles. The number of carbonyl (C=O) groups is 1. The average molecular weight is 242 g/mol. The predicted octanol–water partition coefficient (Wildman–Crippen LogP) is 3.07. The molecule has 0 atom stereocenters. The number of aldehydes is 1. The van der Waals surface area contributed by atoms with Crippen molar-refractivity contribution in [3.8, 4) is 6.07 Å². The van der Waals surface area contributed by atoms with E-state index in [1.54, 1.807) is 13.0 Å². The molecule has 0 bridgehead atoms. The van der Waals surface area contributed by atoms with Gasteiger partial charge in [-0.15, -0.1) is 0 Å². The van der Waals surface area contributed by atoms with Crippen molar-refractivity contribution in [3.05, 3.63) is 53.5 Å². The van der Waals surface area contributed by atoms with Gasteiger partial charge in [-0.2, -0.15) is 5.26 Å². The number of rotatable bonds is 4. The number of nitrogens with zero attached hydrogens (tertiary/aromatic N) is 2. The number of aliphatic imine (C=N–C) groups is 1. The largest absolute Gasteiger partial charge is 0.298 e. The van der Waals surface area contributed by atoms with E-state index in [1.807, 2.05) is 0 Å². The normalized spacial score (nSPS) is 10.1. The van der Waals surface area contributed by atoms with Crippen molar-refractivity contribution in [2.45, 2.75) is 6.92 Å². The summed E-state index contributed by atoms with van der Waals surface area (Å²) in [7, 11) is 0. The van der Waals surface area contributed by atoms with Gasteiger partial charge in [-0.3, -0.25) is 4.79 Å². The maximum absolute atomic E-state index is 13.5. The Balaban J connectivity index is 3.12. The lowest BCUT2D eigenvalue weighted by atomic mass is 10.00. The second kappa shape index (κ2) is 5.69. The molecule has 0 amide bonds. The second-order valence-corrected chi connectivity index (χ2v) is 3.65. The van der Waals surface area contributed by atoms with Crippen LogP contribution in [0.1, 0.15) is 21.5 Å². The minimum atomic E-state index is -0.612. The van der Waals surface area contributed by atoms with Gasteiger partial charge >= 0.3 is 0 Å². The van der Waals surface area contributed by atoms with Crippen LogP contribution in [-0.4, -0.2) is 12.5 Å². The zero-order chi connectivity index (χ0) is 13.7. The van der Waals surface area contributed by atoms with Gasteiger partial charge in [0.25, 0.3) is 0 Å². The number of halogens is 1. The summed E-state index contributed by atoms with van der Waals surface area (Å²) in [5.74, 6) is -0.612. The average Bonchev–Trinajstić information content (AvgIpc) is 2.37. The lowest BCUT2D eigenvalue weighted by Gasteiger charge is -2.06. The quantitative estimate of drug-likeness (QED) is 0.463. The fourth-order valence-corrected chi connectivity index (χ4v) is 1.39. The molecule has 3 nitrogen and oxygen atoms in total. The highest BCUT2D eigenvalue weighted by molar-refractivity contribution is 6.09. The molecule has 0 heterocycles. The summed E-state index contributed by atoms with van der Waals surface area (Å²) >= 11 is 0. The maximum Gasteiger partial charge on any atom is 0.153 e. The van der Waals surface area contributed by atoms with E-state index in [9.17, 15) is 9.18 Å². The van der Waals surface area contributed by atoms with Gasteiger partial charge in [0.2, 0.25) is 0 Å². The van der Waals surface area contributed by atoms with Crippen LogP contribution < -0.4 is 0 Å². The van der Waals surface area contributed by atoms with Crippen LogP contribution in [0.3, 0.4) is 0 Å². The first-order valence-electron chi connectivity index (χ1n) is 5.07. The zero-order valence-corrected chi connectivity index (χ0v) is 9.90. The molecule has 0 unspecified atom stereocenters. The molecule has 1 aromatic rings. The van der Waals surface area contributed by atoms with Crippen LogP contribution in [0.15, 0.2) is 36.0 Å². The molecule has 0 saturated carbocycles. The molecular weight excluding hydrogens is 231 g/mol. The van der Waals surface area contributed by atoms with Gasteiger partial charge in [0.15, 0.2) is 6.29 Å². The smallest absolute Gasteiger partial charge is 0.153 e. The molecule has 1 rings (SSSR count). The van der Waals surface area contributed by atoms with Crippen molar-refractivity contribution in [2.24, 2.45) is 4.99 Å². The highest BCUT2D eigenvalue weighted by atomic mass is 19.1. The third kappa shape index (κ3) is 2.98. The molecule has 1 aromatic carbocycles. The SMILES string of the molecule is C=C(C#N)/N=C/C(=C)c1cc(F)c(C=O)cc1C. The van der Waals surface area contributed by atoms with Gasteiger partial charge in [-0.1, -0.05) is 13.2 Å². The summed E-state index contributed by atoms with van der Waals surface area (Å²) < 4.78 is 13.5. The molecule has 4 heteroatoms. The third-order valence-electron chi connectivity index (χ3n) is 2.32. The third-order valence-corrected chi connectivity index (χ3v) is 2.32. The van der Waals surface area contributed by atoms with E-state index in [0.717, 1.165) is 0 Å². The standard InChI is InChI=1S/C14H11FN2O/c1-9-4-12(8-18)14(15)5-13(9)10(2)7-17-11(3)6-16/h4-5,7-8H,2-3H2,1H3/b17-7+. The van der Waals surface area contributed by atoms with Gasteiger partial charge < -0.3 is 0 Å².